The third kappa shape index (κ3) is 2.46. The van der Waals surface area contributed by atoms with Crippen LogP contribution in [0.1, 0.15) is 30.4 Å². The average Bonchev–Trinajstić information content (AvgIpc) is 2.92. The number of hydrogen-bond acceptors (Lipinski definition) is 3. The predicted octanol–water partition coefficient (Wildman–Crippen LogP) is 3.35. The first-order valence-electron chi connectivity index (χ1n) is 8.59. The maximum absolute atomic E-state index is 12.4. The SMILES string of the molecule is C[C@@]12OC(=O)C(C(N)=O)=C1C=C(c1ccccc1)C[C@@H]2c1ccccc1. The molecule has 0 radical (unpaired) electrons. The largest absolute Gasteiger partial charge is 0.450 e. The van der Waals surface area contributed by atoms with Gasteiger partial charge in [0.25, 0.3) is 5.91 Å². The zero-order chi connectivity index (χ0) is 18.3. The number of rotatable bonds is 3. The van der Waals surface area contributed by atoms with Crippen LogP contribution in [-0.2, 0) is 14.3 Å². The van der Waals surface area contributed by atoms with Gasteiger partial charge in [-0.3, -0.25) is 4.79 Å². The highest BCUT2D eigenvalue weighted by atomic mass is 16.6. The van der Waals surface area contributed by atoms with E-state index in [1.54, 1.807) is 0 Å². The summed E-state index contributed by atoms with van der Waals surface area (Å²) in [5.74, 6) is -1.48. The highest BCUT2D eigenvalue weighted by Gasteiger charge is 2.52. The lowest BCUT2D eigenvalue weighted by Gasteiger charge is -2.39. The fourth-order valence-electron chi connectivity index (χ4n) is 3.99. The Labute approximate surface area is 152 Å². The molecule has 0 saturated heterocycles. The Hall–Kier alpha value is -3.14. The van der Waals surface area contributed by atoms with Gasteiger partial charge in [-0.15, -0.1) is 0 Å². The lowest BCUT2D eigenvalue weighted by Crippen LogP contribution is -2.38. The summed E-state index contributed by atoms with van der Waals surface area (Å²) in [4.78, 5) is 24.3. The first-order valence-corrected chi connectivity index (χ1v) is 8.59. The van der Waals surface area contributed by atoms with Crippen LogP contribution >= 0.6 is 0 Å². The van der Waals surface area contributed by atoms with E-state index in [1.165, 1.54) is 0 Å². The summed E-state index contributed by atoms with van der Waals surface area (Å²) in [5, 5.41) is 0. The lowest BCUT2D eigenvalue weighted by molar-refractivity contribution is -0.147. The van der Waals surface area contributed by atoms with Crippen LogP contribution in [0.3, 0.4) is 0 Å². The number of benzene rings is 2. The van der Waals surface area contributed by atoms with Gasteiger partial charge in [-0.25, -0.2) is 4.79 Å². The lowest BCUT2D eigenvalue weighted by atomic mass is 9.69. The molecule has 2 N–H and O–H groups in total. The van der Waals surface area contributed by atoms with E-state index in [4.69, 9.17) is 10.5 Å². The first kappa shape index (κ1) is 16.3. The highest BCUT2D eigenvalue weighted by molar-refractivity contribution is 6.19. The minimum Gasteiger partial charge on any atom is -0.450 e. The smallest absolute Gasteiger partial charge is 0.345 e. The van der Waals surface area contributed by atoms with Gasteiger partial charge in [0.1, 0.15) is 11.2 Å². The van der Waals surface area contributed by atoms with Crippen LogP contribution in [0, 0.1) is 0 Å². The number of allylic oxidation sites excluding steroid dienone is 1. The van der Waals surface area contributed by atoms with E-state index < -0.39 is 17.5 Å². The molecule has 26 heavy (non-hydrogen) atoms. The van der Waals surface area contributed by atoms with Crippen molar-refractivity contribution < 1.29 is 14.3 Å². The molecule has 4 nitrogen and oxygen atoms in total. The van der Waals surface area contributed by atoms with Gasteiger partial charge in [0, 0.05) is 11.5 Å². The molecule has 1 amide bonds. The molecule has 2 aromatic carbocycles. The van der Waals surface area contributed by atoms with Crippen LogP contribution in [0.15, 0.2) is 77.9 Å². The molecule has 130 valence electrons. The standard InChI is InChI=1S/C22H19NO3/c1-22-17(15-10-6-3-7-11-15)12-16(14-8-4-2-5-9-14)13-18(22)19(20(23)24)21(25)26-22/h2-11,13,17H,12H2,1H3,(H2,23,24)/t17-,22+/m1/s1. The van der Waals surface area contributed by atoms with Crippen molar-refractivity contribution in [2.75, 3.05) is 0 Å². The average molecular weight is 345 g/mol. The monoisotopic (exact) mass is 345 g/mol. The zero-order valence-electron chi connectivity index (χ0n) is 14.4. The van der Waals surface area contributed by atoms with Crippen molar-refractivity contribution in [2.24, 2.45) is 5.73 Å². The fourth-order valence-corrected chi connectivity index (χ4v) is 3.99. The topological polar surface area (TPSA) is 69.4 Å². The van der Waals surface area contributed by atoms with Gasteiger partial charge >= 0.3 is 5.97 Å². The van der Waals surface area contributed by atoms with E-state index in [2.05, 4.69) is 0 Å². The van der Waals surface area contributed by atoms with Gasteiger partial charge in [0.2, 0.25) is 0 Å². The van der Waals surface area contributed by atoms with Crippen molar-refractivity contribution in [3.63, 3.8) is 0 Å². The molecule has 1 aliphatic heterocycles. The van der Waals surface area contributed by atoms with Crippen molar-refractivity contribution in [1.29, 1.82) is 0 Å². The van der Waals surface area contributed by atoms with Gasteiger partial charge in [-0.05, 0) is 30.0 Å². The second-order valence-corrected chi connectivity index (χ2v) is 6.85. The third-order valence-corrected chi connectivity index (χ3v) is 5.31. The molecule has 2 atom stereocenters. The van der Waals surface area contributed by atoms with Crippen molar-refractivity contribution in [1.82, 2.24) is 0 Å². The Bertz CT molecular complexity index is 944. The summed E-state index contributed by atoms with van der Waals surface area (Å²) >= 11 is 0. The van der Waals surface area contributed by atoms with Crippen LogP contribution in [-0.4, -0.2) is 17.5 Å². The number of nitrogens with two attached hydrogens (primary N) is 1. The number of carbonyl (C=O) groups excluding carboxylic acids is 2. The molecule has 1 aliphatic carbocycles. The van der Waals surface area contributed by atoms with Gasteiger partial charge in [-0.1, -0.05) is 66.7 Å². The van der Waals surface area contributed by atoms with E-state index in [9.17, 15) is 9.59 Å². The van der Waals surface area contributed by atoms with Crippen LogP contribution < -0.4 is 5.73 Å². The minimum atomic E-state index is -0.902. The number of fused-ring (bicyclic) bond motifs is 1. The summed E-state index contributed by atoms with van der Waals surface area (Å²) in [6.45, 7) is 1.87. The van der Waals surface area contributed by atoms with E-state index in [0.717, 1.165) is 16.7 Å². The van der Waals surface area contributed by atoms with Gasteiger partial charge in [-0.2, -0.15) is 0 Å². The Morgan fingerprint density at radius 1 is 1.08 bits per heavy atom. The molecule has 0 spiro atoms. The second kappa shape index (κ2) is 5.99. The molecule has 0 unspecified atom stereocenters. The maximum atomic E-state index is 12.4. The fraction of sp³-hybridized carbons (Fsp3) is 0.182. The van der Waals surface area contributed by atoms with Crippen molar-refractivity contribution in [2.45, 2.75) is 24.9 Å². The molecular formula is C22H19NO3. The van der Waals surface area contributed by atoms with E-state index in [-0.39, 0.29) is 11.5 Å². The number of ether oxygens (including phenoxy) is 1. The molecule has 0 bridgehead atoms. The Morgan fingerprint density at radius 3 is 2.31 bits per heavy atom. The molecule has 0 saturated carbocycles. The van der Waals surface area contributed by atoms with Gasteiger partial charge in [0.05, 0.1) is 0 Å². The van der Waals surface area contributed by atoms with E-state index in [0.29, 0.717) is 12.0 Å². The Kier molecular flexibility index (Phi) is 3.76. The zero-order valence-corrected chi connectivity index (χ0v) is 14.4. The number of hydrogen-bond donors (Lipinski definition) is 1. The maximum Gasteiger partial charge on any atom is 0.345 e. The number of amides is 1. The number of esters is 1. The molecule has 4 rings (SSSR count). The van der Waals surface area contributed by atoms with Crippen molar-refractivity contribution in [3.05, 3.63) is 89.0 Å². The quantitative estimate of drug-likeness (QED) is 0.685. The summed E-state index contributed by atoms with van der Waals surface area (Å²) in [7, 11) is 0. The van der Waals surface area contributed by atoms with Gasteiger partial charge < -0.3 is 10.5 Å². The molecule has 0 aromatic heterocycles. The second-order valence-electron chi connectivity index (χ2n) is 6.85. The normalized spacial score (nSPS) is 24.7. The van der Waals surface area contributed by atoms with Crippen LogP contribution in [0.5, 0.6) is 0 Å². The summed E-state index contributed by atoms with van der Waals surface area (Å²) < 4.78 is 5.72. The van der Waals surface area contributed by atoms with Gasteiger partial charge in [0.15, 0.2) is 0 Å². The Morgan fingerprint density at radius 2 is 1.69 bits per heavy atom. The van der Waals surface area contributed by atoms with E-state index in [1.807, 2.05) is 73.7 Å². The molecule has 4 heteroatoms. The van der Waals surface area contributed by atoms with E-state index >= 15 is 0 Å². The predicted molar refractivity (Wildman–Crippen MR) is 98.9 cm³/mol. The molecular weight excluding hydrogens is 326 g/mol. The first-order chi connectivity index (χ1) is 12.5. The number of primary amides is 1. The van der Waals surface area contributed by atoms with Crippen LogP contribution in [0.2, 0.25) is 0 Å². The Balaban J connectivity index is 1.94. The van der Waals surface area contributed by atoms with Crippen molar-refractivity contribution in [3.8, 4) is 0 Å². The van der Waals surface area contributed by atoms with Crippen LogP contribution in [0.25, 0.3) is 5.57 Å². The highest BCUT2D eigenvalue weighted by Crippen LogP contribution is 2.51. The minimum absolute atomic E-state index is 0.0402. The van der Waals surface area contributed by atoms with Crippen molar-refractivity contribution >= 4 is 17.4 Å². The summed E-state index contributed by atoms with van der Waals surface area (Å²) in [6.07, 6.45) is 2.60. The molecule has 1 heterocycles. The third-order valence-electron chi connectivity index (χ3n) is 5.31. The molecule has 0 fully saturated rings. The number of carbonyl (C=O) groups is 2. The summed E-state index contributed by atoms with van der Waals surface area (Å²) in [6, 6.07) is 19.9. The molecule has 2 aromatic rings. The molecule has 2 aliphatic rings. The van der Waals surface area contributed by atoms with Crippen LogP contribution in [0.4, 0.5) is 0 Å². The summed E-state index contributed by atoms with van der Waals surface area (Å²) in [5.41, 5.74) is 8.31.